The van der Waals surface area contributed by atoms with E-state index in [9.17, 15) is 9.59 Å². The highest BCUT2D eigenvalue weighted by molar-refractivity contribution is 5.78. The van der Waals surface area contributed by atoms with Crippen LogP contribution in [0.4, 0.5) is 5.82 Å². The summed E-state index contributed by atoms with van der Waals surface area (Å²) in [6, 6.07) is 1.79. The van der Waals surface area contributed by atoms with Gasteiger partial charge >= 0.3 is 0 Å². The van der Waals surface area contributed by atoms with E-state index in [1.807, 2.05) is 0 Å². The predicted octanol–water partition coefficient (Wildman–Crippen LogP) is 0.280. The zero-order chi connectivity index (χ0) is 17.8. The minimum Gasteiger partial charge on any atom is -0.472 e. The largest absolute Gasteiger partial charge is 0.472 e. The molecule has 25 heavy (non-hydrogen) atoms. The number of anilines is 1. The van der Waals surface area contributed by atoms with Crippen LogP contribution in [0.5, 0.6) is 0 Å². The first-order valence-electron chi connectivity index (χ1n) is 8.18. The SMILES string of the molecule is CN(C[C@H]1CN(C(=O)Cc2ccoc2)CCO1)c1nccn(C)c1=O. The van der Waals surface area contributed by atoms with Crippen LogP contribution in [-0.4, -0.2) is 59.8 Å². The number of ether oxygens (including phenoxy) is 1. The van der Waals surface area contributed by atoms with Crippen LogP contribution in [0.15, 0.2) is 40.2 Å². The van der Waals surface area contributed by atoms with Gasteiger partial charge < -0.3 is 23.5 Å². The molecule has 8 nitrogen and oxygen atoms in total. The summed E-state index contributed by atoms with van der Waals surface area (Å²) >= 11 is 0. The summed E-state index contributed by atoms with van der Waals surface area (Å²) in [5.41, 5.74) is 0.704. The van der Waals surface area contributed by atoms with Crippen molar-refractivity contribution in [2.45, 2.75) is 12.5 Å². The maximum absolute atomic E-state index is 12.4. The highest BCUT2D eigenvalue weighted by Gasteiger charge is 2.26. The van der Waals surface area contributed by atoms with Crippen LogP contribution in [0.2, 0.25) is 0 Å². The van der Waals surface area contributed by atoms with Gasteiger partial charge in [0.2, 0.25) is 5.91 Å². The van der Waals surface area contributed by atoms with Crippen molar-refractivity contribution in [3.63, 3.8) is 0 Å². The second-order valence-corrected chi connectivity index (χ2v) is 6.19. The lowest BCUT2D eigenvalue weighted by molar-refractivity contribution is -0.137. The number of morpholine rings is 1. The van der Waals surface area contributed by atoms with Gasteiger partial charge in [0.05, 0.1) is 31.7 Å². The lowest BCUT2D eigenvalue weighted by Crippen LogP contribution is -2.50. The van der Waals surface area contributed by atoms with Crippen LogP contribution in [0.3, 0.4) is 0 Å². The van der Waals surface area contributed by atoms with E-state index in [0.29, 0.717) is 38.5 Å². The Hall–Kier alpha value is -2.61. The molecule has 0 aliphatic carbocycles. The first-order chi connectivity index (χ1) is 12.0. The molecular weight excluding hydrogens is 324 g/mol. The number of furan rings is 1. The molecule has 8 heteroatoms. The van der Waals surface area contributed by atoms with E-state index in [0.717, 1.165) is 5.56 Å². The number of aromatic nitrogens is 2. The van der Waals surface area contributed by atoms with Gasteiger partial charge in [-0.3, -0.25) is 9.59 Å². The highest BCUT2D eigenvalue weighted by Crippen LogP contribution is 2.11. The normalized spacial score (nSPS) is 17.5. The Labute approximate surface area is 145 Å². The van der Waals surface area contributed by atoms with Crippen LogP contribution in [0.25, 0.3) is 0 Å². The van der Waals surface area contributed by atoms with Gasteiger partial charge in [0.15, 0.2) is 5.82 Å². The number of carbonyl (C=O) groups is 1. The number of amides is 1. The second kappa shape index (κ2) is 7.52. The molecule has 1 amide bonds. The number of hydrogen-bond donors (Lipinski definition) is 0. The van der Waals surface area contributed by atoms with Gasteiger partial charge in [0, 0.05) is 46.1 Å². The maximum Gasteiger partial charge on any atom is 0.293 e. The highest BCUT2D eigenvalue weighted by atomic mass is 16.5. The maximum atomic E-state index is 12.4. The van der Waals surface area contributed by atoms with Gasteiger partial charge in [0.25, 0.3) is 5.56 Å². The summed E-state index contributed by atoms with van der Waals surface area (Å²) in [6.07, 6.45) is 6.51. The van der Waals surface area contributed by atoms with Crippen molar-refractivity contribution >= 4 is 11.7 Å². The molecule has 0 bridgehead atoms. The van der Waals surface area contributed by atoms with Gasteiger partial charge in [-0.05, 0) is 11.6 Å². The van der Waals surface area contributed by atoms with Gasteiger partial charge in [-0.2, -0.15) is 0 Å². The van der Waals surface area contributed by atoms with Gasteiger partial charge in [-0.15, -0.1) is 0 Å². The van der Waals surface area contributed by atoms with E-state index < -0.39 is 0 Å². The molecule has 0 spiro atoms. The lowest BCUT2D eigenvalue weighted by atomic mass is 10.2. The minimum absolute atomic E-state index is 0.0473. The molecule has 0 unspecified atom stereocenters. The number of likely N-dealkylation sites (N-methyl/N-ethyl adjacent to an activating group) is 1. The fraction of sp³-hybridized carbons (Fsp3) is 0.471. The third kappa shape index (κ3) is 4.08. The number of carbonyl (C=O) groups excluding carboxylic acids is 1. The third-order valence-electron chi connectivity index (χ3n) is 4.26. The lowest BCUT2D eigenvalue weighted by Gasteiger charge is -2.35. The molecule has 1 atom stereocenters. The Morgan fingerprint density at radius 1 is 1.48 bits per heavy atom. The van der Waals surface area contributed by atoms with E-state index >= 15 is 0 Å². The first kappa shape index (κ1) is 17.2. The molecule has 0 radical (unpaired) electrons. The van der Waals surface area contributed by atoms with Crippen molar-refractivity contribution in [3.05, 3.63) is 46.9 Å². The van der Waals surface area contributed by atoms with E-state index in [1.54, 1.807) is 54.9 Å². The zero-order valence-corrected chi connectivity index (χ0v) is 14.4. The predicted molar refractivity (Wildman–Crippen MR) is 91.5 cm³/mol. The third-order valence-corrected chi connectivity index (χ3v) is 4.26. The topological polar surface area (TPSA) is 80.8 Å². The van der Waals surface area contributed by atoms with Crippen molar-refractivity contribution in [1.29, 1.82) is 0 Å². The van der Waals surface area contributed by atoms with Crippen molar-refractivity contribution in [3.8, 4) is 0 Å². The van der Waals surface area contributed by atoms with E-state index in [1.165, 1.54) is 4.57 Å². The molecule has 2 aromatic heterocycles. The molecule has 1 aliphatic heterocycles. The van der Waals surface area contributed by atoms with Crippen LogP contribution in [0.1, 0.15) is 5.56 Å². The quantitative estimate of drug-likeness (QED) is 0.774. The molecule has 1 saturated heterocycles. The molecule has 1 aliphatic rings. The average molecular weight is 346 g/mol. The zero-order valence-electron chi connectivity index (χ0n) is 14.4. The average Bonchev–Trinajstić information content (AvgIpc) is 3.10. The van der Waals surface area contributed by atoms with Crippen molar-refractivity contribution in [1.82, 2.24) is 14.5 Å². The molecule has 3 heterocycles. The Bertz CT molecular complexity index is 771. The van der Waals surface area contributed by atoms with Gasteiger partial charge in [0.1, 0.15) is 0 Å². The van der Waals surface area contributed by atoms with E-state index in [2.05, 4.69) is 4.98 Å². The van der Waals surface area contributed by atoms with Crippen molar-refractivity contribution in [2.75, 3.05) is 38.2 Å². The number of aryl methyl sites for hydroxylation is 1. The fourth-order valence-electron chi connectivity index (χ4n) is 2.87. The Balaban J connectivity index is 1.60. The fourth-order valence-corrected chi connectivity index (χ4v) is 2.87. The molecule has 0 aromatic carbocycles. The Morgan fingerprint density at radius 3 is 3.08 bits per heavy atom. The molecule has 3 rings (SSSR count). The summed E-state index contributed by atoms with van der Waals surface area (Å²) in [7, 11) is 3.49. The smallest absolute Gasteiger partial charge is 0.293 e. The summed E-state index contributed by atoms with van der Waals surface area (Å²) in [5.74, 6) is 0.418. The van der Waals surface area contributed by atoms with Gasteiger partial charge in [-0.25, -0.2) is 4.98 Å². The molecule has 0 saturated carbocycles. The molecule has 134 valence electrons. The Morgan fingerprint density at radius 2 is 2.32 bits per heavy atom. The summed E-state index contributed by atoms with van der Waals surface area (Å²) in [6.45, 7) is 2.04. The van der Waals surface area contributed by atoms with Crippen molar-refractivity contribution in [2.24, 2.45) is 7.05 Å². The number of hydrogen-bond acceptors (Lipinski definition) is 6. The molecule has 2 aromatic rings. The van der Waals surface area contributed by atoms with E-state index in [-0.39, 0.29) is 17.6 Å². The molecule has 0 N–H and O–H groups in total. The second-order valence-electron chi connectivity index (χ2n) is 6.19. The van der Waals surface area contributed by atoms with Crippen LogP contribution >= 0.6 is 0 Å². The summed E-state index contributed by atoms with van der Waals surface area (Å²) < 4.78 is 12.3. The first-order valence-corrected chi connectivity index (χ1v) is 8.18. The number of nitrogens with zero attached hydrogens (tertiary/aromatic N) is 4. The van der Waals surface area contributed by atoms with Crippen molar-refractivity contribution < 1.29 is 13.9 Å². The molecule has 1 fully saturated rings. The summed E-state index contributed by atoms with van der Waals surface area (Å²) in [4.78, 5) is 32.3. The monoisotopic (exact) mass is 346 g/mol. The molecular formula is C17H22N4O4. The van der Waals surface area contributed by atoms with Gasteiger partial charge in [-0.1, -0.05) is 0 Å². The number of rotatable bonds is 5. The standard InChI is InChI=1S/C17H22N4O4/c1-19-5-4-18-16(17(19)23)20(2)10-14-11-21(6-8-25-14)15(22)9-13-3-7-24-12-13/h3-5,7,12,14H,6,8-11H2,1-2H3/t14-/m0/s1. The summed E-state index contributed by atoms with van der Waals surface area (Å²) in [5, 5.41) is 0. The van der Waals surface area contributed by atoms with Crippen LogP contribution in [-0.2, 0) is 23.0 Å². The van der Waals surface area contributed by atoms with Crippen LogP contribution < -0.4 is 10.5 Å². The minimum atomic E-state index is -0.168. The Kier molecular flexibility index (Phi) is 5.18. The van der Waals surface area contributed by atoms with Crippen LogP contribution in [0, 0.1) is 0 Å². The van der Waals surface area contributed by atoms with E-state index in [4.69, 9.17) is 9.15 Å².